The Bertz CT molecular complexity index is 2680. The van der Waals surface area contributed by atoms with Crippen LogP contribution >= 0.6 is 23.6 Å². The minimum atomic E-state index is -4.79. The lowest BCUT2D eigenvalue weighted by Gasteiger charge is -2.30. The fourth-order valence-electron chi connectivity index (χ4n) is 8.54. The number of alkyl halides is 3. The summed E-state index contributed by atoms with van der Waals surface area (Å²) in [6.45, 7) is 11.9. The van der Waals surface area contributed by atoms with Crippen LogP contribution in [0.4, 0.5) is 24.5 Å². The van der Waals surface area contributed by atoms with Crippen molar-refractivity contribution in [3.63, 3.8) is 0 Å². The van der Waals surface area contributed by atoms with E-state index in [9.17, 15) is 32.8 Å². The largest absolute Gasteiger partial charge is 0.494 e. The number of nitrogens with one attached hydrogen (secondary N) is 1. The number of ether oxygens (including phenoxy) is 3. The highest BCUT2D eigenvalue weighted by atomic mass is 32.1. The second-order valence-corrected chi connectivity index (χ2v) is 19.2. The van der Waals surface area contributed by atoms with E-state index in [0.29, 0.717) is 63.0 Å². The summed E-state index contributed by atoms with van der Waals surface area (Å²) in [5.41, 5.74) is 2.07. The number of rotatable bonds is 21. The SMILES string of the molecule is Cc1ncsc1-c1ccc(CNC(=O)[C@@H]2CCCN2C(=O)C(C(C)C)n2cc(OCCCOCCCCCOc3ccc(N4C(=S)N(c5ccc(C#N)c(C(F)(F)F)c5)C(=O)C4(C)C)cc3)cn2)nc1. The van der Waals surface area contributed by atoms with E-state index < -0.39 is 40.8 Å². The van der Waals surface area contributed by atoms with E-state index in [1.807, 2.05) is 32.9 Å². The number of anilines is 2. The first kappa shape index (κ1) is 51.4. The van der Waals surface area contributed by atoms with E-state index in [4.69, 9.17) is 26.4 Å². The number of carbonyl (C=O) groups is 3. The summed E-state index contributed by atoms with van der Waals surface area (Å²) in [6, 6.07) is 14.3. The molecule has 2 atom stereocenters. The molecule has 7 rings (SSSR count). The molecular weight excluding hydrogens is 944 g/mol. The second-order valence-electron chi connectivity index (χ2n) is 17.9. The molecule has 5 aromatic rings. The van der Waals surface area contributed by atoms with Gasteiger partial charge in [-0.2, -0.15) is 23.5 Å². The molecule has 0 spiro atoms. The molecule has 2 fully saturated rings. The Hall–Kier alpha value is -6.43. The molecule has 2 aliphatic heterocycles. The quantitative estimate of drug-likeness (QED) is 0.0548. The smallest absolute Gasteiger partial charge is 0.417 e. The van der Waals surface area contributed by atoms with Gasteiger partial charge < -0.3 is 29.3 Å². The van der Waals surface area contributed by atoms with Gasteiger partial charge in [0.05, 0.1) is 76.8 Å². The molecule has 3 aromatic heterocycles. The number of carbonyl (C=O) groups excluding carboxylic acids is 3. The van der Waals surface area contributed by atoms with Gasteiger partial charge >= 0.3 is 6.18 Å². The summed E-state index contributed by atoms with van der Waals surface area (Å²) < 4.78 is 60.5. The third-order valence-electron chi connectivity index (χ3n) is 12.2. The van der Waals surface area contributed by atoms with Crippen LogP contribution in [-0.4, -0.2) is 92.0 Å². The van der Waals surface area contributed by atoms with Gasteiger partial charge in [-0.15, -0.1) is 11.3 Å². The summed E-state index contributed by atoms with van der Waals surface area (Å²) in [6.07, 6.45) is 4.82. The van der Waals surface area contributed by atoms with Gasteiger partial charge in [0, 0.05) is 43.6 Å². The van der Waals surface area contributed by atoms with Crippen molar-refractivity contribution < 1.29 is 41.8 Å². The minimum absolute atomic E-state index is 0.0149. The van der Waals surface area contributed by atoms with E-state index in [2.05, 4.69) is 20.4 Å². The summed E-state index contributed by atoms with van der Waals surface area (Å²) in [4.78, 5) is 55.2. The first-order chi connectivity index (χ1) is 33.5. The molecule has 0 radical (unpaired) electrons. The lowest BCUT2D eigenvalue weighted by molar-refractivity contribution is -0.142. The molecule has 2 aromatic carbocycles. The van der Waals surface area contributed by atoms with Gasteiger partial charge in [-0.3, -0.25) is 28.9 Å². The van der Waals surface area contributed by atoms with Crippen molar-refractivity contribution in [2.45, 2.75) is 103 Å². The van der Waals surface area contributed by atoms with Crippen LogP contribution in [0, 0.1) is 24.2 Å². The summed E-state index contributed by atoms with van der Waals surface area (Å²) >= 11 is 7.19. The van der Waals surface area contributed by atoms with Gasteiger partial charge in [-0.05, 0) is 120 Å². The van der Waals surface area contributed by atoms with Crippen LogP contribution in [-0.2, 0) is 31.8 Å². The number of nitriles is 1. The first-order valence-electron chi connectivity index (χ1n) is 23.2. The van der Waals surface area contributed by atoms with Crippen LogP contribution in [0.3, 0.4) is 0 Å². The second kappa shape index (κ2) is 22.5. The fourth-order valence-corrected chi connectivity index (χ4v) is 9.86. The molecule has 20 heteroatoms. The Morgan fingerprint density at radius 1 is 0.957 bits per heavy atom. The lowest BCUT2D eigenvalue weighted by Crippen LogP contribution is -2.48. The van der Waals surface area contributed by atoms with Gasteiger partial charge in [0.15, 0.2) is 10.9 Å². The Morgan fingerprint density at radius 3 is 2.36 bits per heavy atom. The van der Waals surface area contributed by atoms with E-state index in [0.717, 1.165) is 64.5 Å². The van der Waals surface area contributed by atoms with Crippen molar-refractivity contribution in [1.82, 2.24) is 30.0 Å². The number of halogens is 3. The number of hydrogen-bond donors (Lipinski definition) is 1. The number of amides is 3. The molecule has 0 aliphatic carbocycles. The highest BCUT2D eigenvalue weighted by Crippen LogP contribution is 2.40. The first-order valence-corrected chi connectivity index (χ1v) is 24.5. The van der Waals surface area contributed by atoms with Crippen LogP contribution in [0.15, 0.2) is 78.7 Å². The number of pyridine rings is 1. The maximum Gasteiger partial charge on any atom is 0.417 e. The number of aryl methyl sites for hydroxylation is 1. The van der Waals surface area contributed by atoms with Crippen LogP contribution in [0.2, 0.25) is 0 Å². The molecule has 70 heavy (non-hydrogen) atoms. The molecule has 0 bridgehead atoms. The van der Waals surface area contributed by atoms with Crippen LogP contribution in [0.25, 0.3) is 10.4 Å². The molecule has 3 amide bonds. The number of hydrogen-bond acceptors (Lipinski definition) is 12. The zero-order valence-electron chi connectivity index (χ0n) is 39.7. The molecule has 1 N–H and O–H groups in total. The average molecular weight is 1000 g/mol. The van der Waals surface area contributed by atoms with E-state index in [1.54, 1.807) is 94.1 Å². The van der Waals surface area contributed by atoms with Crippen molar-refractivity contribution in [2.75, 3.05) is 42.8 Å². The molecule has 2 aliphatic rings. The fraction of sp³-hybridized carbons (Fsp3) is 0.440. The monoisotopic (exact) mass is 999 g/mol. The van der Waals surface area contributed by atoms with Gasteiger partial charge in [0.2, 0.25) is 11.8 Å². The van der Waals surface area contributed by atoms with Gasteiger partial charge in [-0.25, -0.2) is 4.98 Å². The predicted octanol–water partition coefficient (Wildman–Crippen LogP) is 9.06. The molecule has 370 valence electrons. The number of benzene rings is 2. The van der Waals surface area contributed by atoms with Gasteiger partial charge in [-0.1, -0.05) is 19.9 Å². The maximum atomic E-state index is 14.0. The average Bonchev–Trinajstić information content (AvgIpc) is 4.14. The van der Waals surface area contributed by atoms with Crippen molar-refractivity contribution >= 4 is 57.8 Å². The number of likely N-dealkylation sites (tertiary alicyclic amines) is 1. The predicted molar refractivity (Wildman–Crippen MR) is 262 cm³/mol. The highest BCUT2D eigenvalue weighted by molar-refractivity contribution is 7.81. The minimum Gasteiger partial charge on any atom is -0.494 e. The normalized spacial score (nSPS) is 16.2. The lowest BCUT2D eigenvalue weighted by atomic mass is 10.0. The molecule has 2 saturated heterocycles. The maximum absolute atomic E-state index is 14.0. The Labute approximate surface area is 414 Å². The Kier molecular flexibility index (Phi) is 16.6. The van der Waals surface area contributed by atoms with Crippen molar-refractivity contribution in [3.05, 3.63) is 101 Å². The van der Waals surface area contributed by atoms with Crippen LogP contribution in [0.1, 0.15) is 94.8 Å². The van der Waals surface area contributed by atoms with Crippen molar-refractivity contribution in [3.8, 4) is 28.0 Å². The van der Waals surface area contributed by atoms with Gasteiger partial charge in [0.25, 0.3) is 5.91 Å². The number of thiocarbonyl (C=S) groups is 1. The highest BCUT2D eigenvalue weighted by Gasteiger charge is 2.51. The Balaban J connectivity index is 0.780. The summed E-state index contributed by atoms with van der Waals surface area (Å²) in [5, 5.41) is 16.7. The number of aromatic nitrogens is 4. The van der Waals surface area contributed by atoms with Crippen LogP contribution in [0.5, 0.6) is 11.5 Å². The number of nitrogens with zero attached hydrogens (tertiary/aromatic N) is 8. The molecule has 1 unspecified atom stereocenters. The zero-order chi connectivity index (χ0) is 50.2. The summed E-state index contributed by atoms with van der Waals surface area (Å²) in [5.74, 6) is 0.207. The summed E-state index contributed by atoms with van der Waals surface area (Å²) in [7, 11) is 0. The molecule has 5 heterocycles. The third-order valence-corrected chi connectivity index (χ3v) is 13.6. The third kappa shape index (κ3) is 11.8. The van der Waals surface area contributed by atoms with Gasteiger partial charge in [0.1, 0.15) is 23.4 Å². The zero-order valence-corrected chi connectivity index (χ0v) is 41.3. The van der Waals surface area contributed by atoms with Crippen molar-refractivity contribution in [2.24, 2.45) is 5.92 Å². The molecule has 15 nitrogen and oxygen atoms in total. The molecule has 0 saturated carbocycles. The van der Waals surface area contributed by atoms with E-state index in [1.165, 1.54) is 6.07 Å². The van der Waals surface area contributed by atoms with Crippen molar-refractivity contribution in [1.29, 1.82) is 5.26 Å². The topological polar surface area (TPSA) is 168 Å². The number of thiazole rings is 1. The Morgan fingerprint density at radius 2 is 1.67 bits per heavy atom. The van der Waals surface area contributed by atoms with E-state index >= 15 is 0 Å². The van der Waals surface area contributed by atoms with Crippen LogP contribution < -0.4 is 24.6 Å². The van der Waals surface area contributed by atoms with E-state index in [-0.39, 0.29) is 35.1 Å². The molecular formula is C50H56F3N9O6S2. The standard InChI is InChI=1S/C50H56F3N9O6S2/c1-32(2)43(46(64)59-20-9-11-42(59)45(63)56-28-36-14-12-35(27-55-36)44-33(3)57-31-70-44)60-30-40(29-58-60)68-24-10-22-66-21-7-6-8-23-67-39-18-16-37(17-19-39)62-48(69)61(47(65)49(62,4)5)38-15-13-34(26-54)41(25-38)50(51,52)53/h12-19,25,27,29-32,42-43H,6-11,20-24,28H2,1-5H3,(H,56,63)/t42-,43?/m0/s1. The number of unbranched alkanes of at least 4 members (excludes halogenated alkanes) is 2.